The van der Waals surface area contributed by atoms with E-state index in [9.17, 15) is 14.9 Å². The van der Waals surface area contributed by atoms with Gasteiger partial charge in [-0.15, -0.1) is 0 Å². The zero-order chi connectivity index (χ0) is 12.4. The number of carboxylic acids is 1. The van der Waals surface area contributed by atoms with Crippen LogP contribution in [0.15, 0.2) is 30.9 Å². The summed E-state index contributed by atoms with van der Waals surface area (Å²) in [5, 5.41) is 19.4. The van der Waals surface area contributed by atoms with Gasteiger partial charge >= 0.3 is 11.8 Å². The molecule has 0 bridgehead atoms. The van der Waals surface area contributed by atoms with Crippen molar-refractivity contribution < 1.29 is 14.8 Å². The lowest BCUT2D eigenvalue weighted by Gasteiger charge is -2.02. The first-order chi connectivity index (χ1) is 8.09. The Kier molecular flexibility index (Phi) is 2.53. The Balaban J connectivity index is 2.52. The molecule has 86 valence electrons. The molecule has 0 atom stereocenters. The van der Waals surface area contributed by atoms with Crippen molar-refractivity contribution in [2.24, 2.45) is 0 Å². The van der Waals surface area contributed by atoms with E-state index < -0.39 is 10.9 Å². The third-order valence-electron chi connectivity index (χ3n) is 2.02. The monoisotopic (exact) mass is 234 g/mol. The third-order valence-corrected chi connectivity index (χ3v) is 2.02. The van der Waals surface area contributed by atoms with Gasteiger partial charge in [-0.3, -0.25) is 4.57 Å². The number of carboxylic acid groups (broad SMARTS) is 1. The van der Waals surface area contributed by atoms with Crippen LogP contribution in [-0.2, 0) is 0 Å². The molecule has 0 saturated carbocycles. The number of hydrogen-bond acceptors (Lipinski definition) is 5. The number of nitrogens with zero attached hydrogens (tertiary/aromatic N) is 4. The van der Waals surface area contributed by atoms with Crippen molar-refractivity contribution in [2.45, 2.75) is 0 Å². The van der Waals surface area contributed by atoms with Crippen molar-refractivity contribution in [2.75, 3.05) is 0 Å². The van der Waals surface area contributed by atoms with E-state index >= 15 is 0 Å². The van der Waals surface area contributed by atoms with Crippen molar-refractivity contribution >= 4 is 11.8 Å². The molecule has 0 aliphatic carbocycles. The second-order valence-corrected chi connectivity index (χ2v) is 3.08. The van der Waals surface area contributed by atoms with Crippen LogP contribution in [0.2, 0.25) is 0 Å². The van der Waals surface area contributed by atoms with E-state index in [1.807, 2.05) is 0 Å². The molecule has 0 amide bonds. The van der Waals surface area contributed by atoms with Crippen molar-refractivity contribution in [1.29, 1.82) is 0 Å². The van der Waals surface area contributed by atoms with Gasteiger partial charge in [0.15, 0.2) is 5.82 Å². The largest absolute Gasteiger partial charge is 0.478 e. The van der Waals surface area contributed by atoms with E-state index in [4.69, 9.17) is 5.11 Å². The fourth-order valence-corrected chi connectivity index (χ4v) is 1.29. The summed E-state index contributed by atoms with van der Waals surface area (Å²) in [5.74, 6) is -1.45. The molecule has 0 aliphatic rings. The fraction of sp³-hybridized carbons (Fsp3) is 0. The smallest absolute Gasteiger partial charge is 0.381 e. The van der Waals surface area contributed by atoms with E-state index in [1.54, 1.807) is 0 Å². The molecule has 8 heteroatoms. The predicted octanol–water partition coefficient (Wildman–Crippen LogP) is 0.874. The molecule has 0 fully saturated rings. The number of carbonyl (C=O) groups is 1. The highest BCUT2D eigenvalue weighted by Gasteiger charge is 2.16. The Morgan fingerprint density at radius 2 is 2.24 bits per heavy atom. The molecule has 0 aromatic carbocycles. The van der Waals surface area contributed by atoms with Gasteiger partial charge in [0.1, 0.15) is 11.8 Å². The maximum atomic E-state index is 10.9. The molecule has 0 radical (unpaired) electrons. The fourth-order valence-electron chi connectivity index (χ4n) is 1.29. The molecule has 2 heterocycles. The van der Waals surface area contributed by atoms with Crippen molar-refractivity contribution in [1.82, 2.24) is 14.5 Å². The molecule has 0 unspecified atom stereocenters. The van der Waals surface area contributed by atoms with E-state index in [2.05, 4.69) is 9.97 Å². The number of aromatic nitrogens is 3. The lowest BCUT2D eigenvalue weighted by Crippen LogP contribution is -2.06. The highest BCUT2D eigenvalue weighted by Crippen LogP contribution is 2.14. The van der Waals surface area contributed by atoms with Gasteiger partial charge in [0, 0.05) is 6.20 Å². The number of aromatic carboxylic acids is 1. The quantitative estimate of drug-likeness (QED) is 0.623. The van der Waals surface area contributed by atoms with Crippen molar-refractivity contribution in [3.63, 3.8) is 0 Å². The Bertz CT molecular complexity index is 592. The molecular weight excluding hydrogens is 228 g/mol. The van der Waals surface area contributed by atoms with Crippen molar-refractivity contribution in [3.05, 3.63) is 46.5 Å². The van der Waals surface area contributed by atoms with Gasteiger partial charge in [-0.1, -0.05) is 0 Å². The summed E-state index contributed by atoms with van der Waals surface area (Å²) >= 11 is 0. The maximum Gasteiger partial charge on any atom is 0.381 e. The number of hydrogen-bond donors (Lipinski definition) is 1. The average Bonchev–Trinajstić information content (AvgIpc) is 2.78. The molecule has 2 rings (SSSR count). The van der Waals surface area contributed by atoms with Crippen LogP contribution in [0.5, 0.6) is 0 Å². The topological polar surface area (TPSA) is 111 Å². The lowest BCUT2D eigenvalue weighted by molar-refractivity contribution is -0.389. The number of rotatable bonds is 3. The summed E-state index contributed by atoms with van der Waals surface area (Å²) in [5.41, 5.74) is -0.0557. The second-order valence-electron chi connectivity index (χ2n) is 3.08. The Morgan fingerprint density at radius 1 is 1.47 bits per heavy atom. The molecule has 1 N–H and O–H groups in total. The maximum absolute atomic E-state index is 10.9. The molecule has 0 saturated heterocycles. The normalized spacial score (nSPS) is 10.1. The molecule has 0 aliphatic heterocycles. The van der Waals surface area contributed by atoms with Gasteiger partial charge in [-0.2, -0.15) is 0 Å². The minimum atomic E-state index is -1.16. The minimum absolute atomic E-state index is 0.0557. The summed E-state index contributed by atoms with van der Waals surface area (Å²) in [6, 6.07) is 2.83. The van der Waals surface area contributed by atoms with Crippen LogP contribution >= 0.6 is 0 Å². The number of nitro groups is 1. The van der Waals surface area contributed by atoms with Gasteiger partial charge < -0.3 is 15.2 Å². The van der Waals surface area contributed by atoms with Crippen LogP contribution in [-0.4, -0.2) is 30.5 Å². The first kappa shape index (κ1) is 10.7. The molecule has 8 nitrogen and oxygen atoms in total. The zero-order valence-electron chi connectivity index (χ0n) is 8.35. The van der Waals surface area contributed by atoms with Gasteiger partial charge in [-0.25, -0.2) is 9.78 Å². The summed E-state index contributed by atoms with van der Waals surface area (Å²) in [4.78, 5) is 28.1. The summed E-state index contributed by atoms with van der Waals surface area (Å²) in [6.45, 7) is 0. The SMILES string of the molecule is O=C(O)c1cccnc1-n1cnc([N+](=O)[O-])c1. The predicted molar refractivity (Wildman–Crippen MR) is 55.0 cm³/mol. The summed E-state index contributed by atoms with van der Waals surface area (Å²) in [7, 11) is 0. The number of pyridine rings is 1. The van der Waals surface area contributed by atoms with Crippen LogP contribution in [0.3, 0.4) is 0 Å². The van der Waals surface area contributed by atoms with Gasteiger partial charge in [0.05, 0.1) is 0 Å². The van der Waals surface area contributed by atoms with Crippen LogP contribution < -0.4 is 0 Å². The van der Waals surface area contributed by atoms with Crippen LogP contribution in [0.25, 0.3) is 5.82 Å². The van der Waals surface area contributed by atoms with Gasteiger partial charge in [0.2, 0.25) is 6.33 Å². The Labute approximate surface area is 94.3 Å². The first-order valence-electron chi connectivity index (χ1n) is 4.46. The van der Waals surface area contributed by atoms with Crippen LogP contribution in [0.1, 0.15) is 10.4 Å². The van der Waals surface area contributed by atoms with E-state index in [0.717, 1.165) is 12.5 Å². The van der Waals surface area contributed by atoms with E-state index in [-0.39, 0.29) is 17.2 Å². The lowest BCUT2D eigenvalue weighted by atomic mass is 10.2. The van der Waals surface area contributed by atoms with Crippen LogP contribution in [0.4, 0.5) is 5.82 Å². The average molecular weight is 234 g/mol. The first-order valence-corrected chi connectivity index (χ1v) is 4.46. The third kappa shape index (κ3) is 1.95. The highest BCUT2D eigenvalue weighted by molar-refractivity contribution is 5.91. The van der Waals surface area contributed by atoms with E-state index in [0.29, 0.717) is 0 Å². The Morgan fingerprint density at radius 3 is 2.82 bits per heavy atom. The highest BCUT2D eigenvalue weighted by atomic mass is 16.6. The zero-order valence-corrected chi connectivity index (χ0v) is 8.35. The van der Waals surface area contributed by atoms with Gasteiger partial charge in [0.25, 0.3) is 0 Å². The standard InChI is InChI=1S/C9H6N4O4/c14-9(15)6-2-1-3-10-8(6)12-4-7(11-5-12)13(16)17/h1-5H,(H,14,15). The summed E-state index contributed by atoms with van der Waals surface area (Å²) < 4.78 is 1.20. The van der Waals surface area contributed by atoms with Gasteiger partial charge in [-0.05, 0) is 22.0 Å². The molecule has 2 aromatic heterocycles. The molecule has 2 aromatic rings. The Hall–Kier alpha value is -2.77. The minimum Gasteiger partial charge on any atom is -0.478 e. The van der Waals surface area contributed by atoms with Crippen LogP contribution in [0, 0.1) is 10.1 Å². The molecule has 0 spiro atoms. The molecular formula is C9H6N4O4. The number of imidazole rings is 1. The second kappa shape index (κ2) is 4.00. The van der Waals surface area contributed by atoms with E-state index in [1.165, 1.54) is 22.9 Å². The van der Waals surface area contributed by atoms with Crippen molar-refractivity contribution in [3.8, 4) is 5.82 Å². The molecule has 17 heavy (non-hydrogen) atoms. The summed E-state index contributed by atoms with van der Waals surface area (Å²) in [6.07, 6.45) is 3.65.